The van der Waals surface area contributed by atoms with Crippen molar-refractivity contribution in [1.82, 2.24) is 0 Å². The van der Waals surface area contributed by atoms with Crippen LogP contribution in [-0.2, 0) is 0 Å². The summed E-state index contributed by atoms with van der Waals surface area (Å²) in [5, 5.41) is 3.44. The predicted molar refractivity (Wildman–Crippen MR) is 60.3 cm³/mol. The third-order valence-corrected chi connectivity index (χ3v) is 3.21. The third-order valence-electron chi connectivity index (χ3n) is 3.21. The van der Waals surface area contributed by atoms with Crippen molar-refractivity contribution in [2.75, 3.05) is 11.9 Å². The standard InChI is InChI=1S/C12H17FN2/c13-10-3-5-11(6-4-10)15-12(9-14)7-1-2-8-12/h3-6,15H,1-2,7-9,14H2. The van der Waals surface area contributed by atoms with Crippen LogP contribution in [0.15, 0.2) is 24.3 Å². The summed E-state index contributed by atoms with van der Waals surface area (Å²) in [6.45, 7) is 0.643. The summed E-state index contributed by atoms with van der Waals surface area (Å²) in [5.41, 5.74) is 6.81. The molecule has 2 nitrogen and oxygen atoms in total. The first-order chi connectivity index (χ1) is 7.24. The molecule has 0 heterocycles. The second kappa shape index (κ2) is 4.19. The van der Waals surface area contributed by atoms with Crippen molar-refractivity contribution in [1.29, 1.82) is 0 Å². The Bertz CT molecular complexity index is 315. The summed E-state index contributed by atoms with van der Waals surface area (Å²) < 4.78 is 12.7. The fraction of sp³-hybridized carbons (Fsp3) is 0.500. The molecule has 1 aromatic rings. The number of hydrogen-bond donors (Lipinski definition) is 2. The Morgan fingerprint density at radius 2 is 1.80 bits per heavy atom. The van der Waals surface area contributed by atoms with Gasteiger partial charge in [-0.15, -0.1) is 0 Å². The highest BCUT2D eigenvalue weighted by Crippen LogP contribution is 2.32. The van der Waals surface area contributed by atoms with Crippen LogP contribution < -0.4 is 11.1 Å². The molecule has 0 amide bonds. The van der Waals surface area contributed by atoms with Crippen molar-refractivity contribution in [3.63, 3.8) is 0 Å². The predicted octanol–water partition coefficient (Wildman–Crippen LogP) is 2.51. The molecule has 0 aromatic heterocycles. The minimum absolute atomic E-state index is 0.0395. The summed E-state index contributed by atoms with van der Waals surface area (Å²) >= 11 is 0. The first-order valence-electron chi connectivity index (χ1n) is 5.48. The topological polar surface area (TPSA) is 38.0 Å². The van der Waals surface area contributed by atoms with Gasteiger partial charge in [0.25, 0.3) is 0 Å². The van der Waals surface area contributed by atoms with Crippen LogP contribution in [0.25, 0.3) is 0 Å². The Labute approximate surface area is 89.7 Å². The Morgan fingerprint density at radius 1 is 1.20 bits per heavy atom. The van der Waals surface area contributed by atoms with Crippen LogP contribution in [0.3, 0.4) is 0 Å². The fourth-order valence-electron chi connectivity index (χ4n) is 2.27. The van der Waals surface area contributed by atoms with E-state index < -0.39 is 0 Å². The molecule has 1 aliphatic carbocycles. The smallest absolute Gasteiger partial charge is 0.123 e. The van der Waals surface area contributed by atoms with Crippen LogP contribution in [0.4, 0.5) is 10.1 Å². The van der Waals surface area contributed by atoms with Crippen LogP contribution >= 0.6 is 0 Å². The average Bonchev–Trinajstić information content (AvgIpc) is 2.71. The Balaban J connectivity index is 2.09. The molecule has 1 aliphatic rings. The molecule has 1 saturated carbocycles. The molecule has 0 atom stereocenters. The van der Waals surface area contributed by atoms with E-state index in [2.05, 4.69) is 5.32 Å². The van der Waals surface area contributed by atoms with E-state index in [0.717, 1.165) is 18.5 Å². The van der Waals surface area contributed by atoms with Gasteiger partial charge in [0.15, 0.2) is 0 Å². The molecular weight excluding hydrogens is 191 g/mol. The van der Waals surface area contributed by atoms with Gasteiger partial charge in [0.05, 0.1) is 0 Å². The molecule has 0 aliphatic heterocycles. The normalized spacial score (nSPS) is 19.1. The molecule has 0 bridgehead atoms. The molecule has 1 aromatic carbocycles. The van der Waals surface area contributed by atoms with E-state index >= 15 is 0 Å². The number of nitrogens with two attached hydrogens (primary N) is 1. The van der Waals surface area contributed by atoms with Gasteiger partial charge >= 0.3 is 0 Å². The highest BCUT2D eigenvalue weighted by molar-refractivity contribution is 5.46. The maximum atomic E-state index is 12.7. The summed E-state index contributed by atoms with van der Waals surface area (Å²) in [4.78, 5) is 0. The first-order valence-corrected chi connectivity index (χ1v) is 5.48. The summed E-state index contributed by atoms with van der Waals surface area (Å²) in [6.07, 6.45) is 4.68. The van der Waals surface area contributed by atoms with Gasteiger partial charge in [0.1, 0.15) is 5.82 Å². The van der Waals surface area contributed by atoms with Crippen molar-refractivity contribution >= 4 is 5.69 Å². The summed E-state index contributed by atoms with van der Waals surface area (Å²) in [7, 11) is 0. The van der Waals surface area contributed by atoms with Crippen molar-refractivity contribution in [2.24, 2.45) is 5.73 Å². The molecule has 1 fully saturated rings. The molecular formula is C12H17FN2. The van der Waals surface area contributed by atoms with Gasteiger partial charge in [-0.2, -0.15) is 0 Å². The van der Waals surface area contributed by atoms with E-state index in [0.29, 0.717) is 6.54 Å². The Hall–Kier alpha value is -1.09. The van der Waals surface area contributed by atoms with Gasteiger partial charge < -0.3 is 11.1 Å². The average molecular weight is 208 g/mol. The van der Waals surface area contributed by atoms with Crippen LogP contribution in [0, 0.1) is 5.82 Å². The Morgan fingerprint density at radius 3 is 2.33 bits per heavy atom. The lowest BCUT2D eigenvalue weighted by Crippen LogP contribution is -2.42. The highest BCUT2D eigenvalue weighted by Gasteiger charge is 2.31. The van der Waals surface area contributed by atoms with Gasteiger partial charge in [-0.05, 0) is 37.1 Å². The van der Waals surface area contributed by atoms with E-state index in [1.807, 2.05) is 0 Å². The number of rotatable bonds is 3. The second-order valence-corrected chi connectivity index (χ2v) is 4.32. The molecule has 15 heavy (non-hydrogen) atoms. The minimum atomic E-state index is -0.200. The molecule has 0 unspecified atom stereocenters. The maximum Gasteiger partial charge on any atom is 0.123 e. The van der Waals surface area contributed by atoms with E-state index in [1.54, 1.807) is 12.1 Å². The summed E-state index contributed by atoms with van der Waals surface area (Å²) in [5.74, 6) is -0.200. The SMILES string of the molecule is NCC1(Nc2ccc(F)cc2)CCCC1. The fourth-order valence-corrected chi connectivity index (χ4v) is 2.27. The minimum Gasteiger partial charge on any atom is -0.378 e. The largest absolute Gasteiger partial charge is 0.378 e. The first kappa shape index (κ1) is 10.4. The van der Waals surface area contributed by atoms with Crippen molar-refractivity contribution in [3.05, 3.63) is 30.1 Å². The van der Waals surface area contributed by atoms with Crippen LogP contribution in [-0.4, -0.2) is 12.1 Å². The molecule has 2 rings (SSSR count). The lowest BCUT2D eigenvalue weighted by atomic mass is 9.97. The number of anilines is 1. The zero-order chi connectivity index (χ0) is 10.7. The quantitative estimate of drug-likeness (QED) is 0.801. The van der Waals surface area contributed by atoms with Crippen LogP contribution in [0.5, 0.6) is 0 Å². The maximum absolute atomic E-state index is 12.7. The molecule has 0 spiro atoms. The third kappa shape index (κ3) is 2.29. The number of hydrogen-bond acceptors (Lipinski definition) is 2. The van der Waals surface area contributed by atoms with Gasteiger partial charge in [-0.3, -0.25) is 0 Å². The number of benzene rings is 1. The van der Waals surface area contributed by atoms with Crippen LogP contribution in [0.1, 0.15) is 25.7 Å². The highest BCUT2D eigenvalue weighted by atomic mass is 19.1. The van der Waals surface area contributed by atoms with Gasteiger partial charge in [-0.1, -0.05) is 12.8 Å². The van der Waals surface area contributed by atoms with E-state index in [1.165, 1.54) is 25.0 Å². The lowest BCUT2D eigenvalue weighted by molar-refractivity contribution is 0.493. The van der Waals surface area contributed by atoms with Gasteiger partial charge in [0.2, 0.25) is 0 Å². The zero-order valence-electron chi connectivity index (χ0n) is 8.80. The lowest BCUT2D eigenvalue weighted by Gasteiger charge is -2.30. The van der Waals surface area contributed by atoms with Crippen molar-refractivity contribution in [3.8, 4) is 0 Å². The molecule has 3 heteroatoms. The summed E-state index contributed by atoms with van der Waals surface area (Å²) in [6, 6.07) is 6.49. The van der Waals surface area contributed by atoms with E-state index in [-0.39, 0.29) is 11.4 Å². The number of halogens is 1. The van der Waals surface area contributed by atoms with Crippen molar-refractivity contribution in [2.45, 2.75) is 31.2 Å². The molecule has 0 radical (unpaired) electrons. The van der Waals surface area contributed by atoms with E-state index in [4.69, 9.17) is 5.73 Å². The second-order valence-electron chi connectivity index (χ2n) is 4.32. The molecule has 0 saturated heterocycles. The molecule has 3 N–H and O–H groups in total. The van der Waals surface area contributed by atoms with Crippen LogP contribution in [0.2, 0.25) is 0 Å². The molecule has 82 valence electrons. The van der Waals surface area contributed by atoms with E-state index in [9.17, 15) is 4.39 Å². The zero-order valence-corrected chi connectivity index (χ0v) is 8.80. The van der Waals surface area contributed by atoms with Gasteiger partial charge in [0, 0.05) is 17.8 Å². The van der Waals surface area contributed by atoms with Gasteiger partial charge in [-0.25, -0.2) is 4.39 Å². The monoisotopic (exact) mass is 208 g/mol. The number of nitrogens with one attached hydrogen (secondary N) is 1. The Kier molecular flexibility index (Phi) is 2.91. The van der Waals surface area contributed by atoms with Crippen molar-refractivity contribution < 1.29 is 4.39 Å².